The topological polar surface area (TPSA) is 26.1 Å². The number of imidazole rings is 2. The van der Waals surface area contributed by atoms with Crippen molar-refractivity contribution in [1.82, 2.24) is 14.0 Å². The van der Waals surface area contributed by atoms with Gasteiger partial charge in [-0.1, -0.05) is 32.0 Å². The van der Waals surface area contributed by atoms with Crippen LogP contribution >= 0.6 is 0 Å². The Morgan fingerprint density at radius 1 is 1.00 bits per heavy atom. The zero-order valence-electron chi connectivity index (χ0n) is 18.5. The summed E-state index contributed by atoms with van der Waals surface area (Å²) in [4.78, 5) is 5.11. The lowest BCUT2D eigenvalue weighted by Crippen LogP contribution is -2.41. The highest BCUT2D eigenvalue weighted by atomic mass is 15.2. The molecule has 0 spiro atoms. The number of rotatable bonds is 1. The molecule has 0 saturated heterocycles. The van der Waals surface area contributed by atoms with Crippen molar-refractivity contribution < 1.29 is 4.57 Å². The Morgan fingerprint density at radius 3 is 2.53 bits per heavy atom. The van der Waals surface area contributed by atoms with Crippen LogP contribution in [0.4, 0.5) is 0 Å². The second-order valence-electron chi connectivity index (χ2n) is 9.52. The molecule has 1 aliphatic heterocycles. The van der Waals surface area contributed by atoms with Crippen LogP contribution in [-0.4, -0.2) is 14.0 Å². The van der Waals surface area contributed by atoms with Crippen molar-refractivity contribution >= 4 is 27.8 Å². The van der Waals surface area contributed by atoms with Crippen molar-refractivity contribution in [3.63, 3.8) is 0 Å². The number of pyridine rings is 1. The van der Waals surface area contributed by atoms with E-state index in [9.17, 15) is 0 Å². The van der Waals surface area contributed by atoms with Crippen LogP contribution in [0.1, 0.15) is 50.3 Å². The number of hydrogen-bond donors (Lipinski definition) is 0. The first-order valence-electron chi connectivity index (χ1n) is 10.8. The van der Waals surface area contributed by atoms with Crippen molar-refractivity contribution in [2.45, 2.75) is 46.1 Å². The molecule has 4 heterocycles. The smallest absolute Gasteiger partial charge is 0.220 e. The van der Waals surface area contributed by atoms with Gasteiger partial charge in [0.05, 0.1) is 38.7 Å². The fraction of sp³-hybridized carbons (Fsp3) is 0.308. The Bertz CT molecular complexity index is 1510. The molecule has 0 radical (unpaired) electrons. The molecular weight excluding hydrogens is 368 g/mol. The molecule has 1 aliphatic rings. The number of aryl methyl sites for hydroxylation is 2. The van der Waals surface area contributed by atoms with Crippen LogP contribution in [0, 0.1) is 6.92 Å². The molecule has 5 aromatic rings. The second kappa shape index (κ2) is 5.51. The van der Waals surface area contributed by atoms with E-state index in [0.717, 1.165) is 11.3 Å². The highest BCUT2D eigenvalue weighted by Gasteiger charge is 2.43. The average molecular weight is 396 g/mol. The van der Waals surface area contributed by atoms with Crippen LogP contribution in [0.15, 0.2) is 48.7 Å². The summed E-state index contributed by atoms with van der Waals surface area (Å²) in [5, 5.41) is 0. The maximum absolute atomic E-state index is 5.11. The zero-order chi connectivity index (χ0) is 20.9. The summed E-state index contributed by atoms with van der Waals surface area (Å²) in [7, 11) is 2.18. The third kappa shape index (κ3) is 1.92. The zero-order valence-corrected chi connectivity index (χ0v) is 18.5. The minimum absolute atomic E-state index is 0.223. The van der Waals surface area contributed by atoms with Crippen LogP contribution in [-0.2, 0) is 12.6 Å². The molecule has 3 aromatic heterocycles. The van der Waals surface area contributed by atoms with Crippen LogP contribution in [0.25, 0.3) is 39.1 Å². The third-order valence-electron chi connectivity index (χ3n) is 6.96. The Morgan fingerprint density at radius 2 is 1.77 bits per heavy atom. The maximum Gasteiger partial charge on any atom is 0.220 e. The van der Waals surface area contributed by atoms with E-state index in [-0.39, 0.29) is 5.54 Å². The molecule has 0 fully saturated rings. The number of aromatic nitrogens is 4. The lowest BCUT2D eigenvalue weighted by Gasteiger charge is -2.35. The van der Waals surface area contributed by atoms with Gasteiger partial charge in [0, 0.05) is 6.07 Å². The number of para-hydroxylation sites is 2. The van der Waals surface area contributed by atoms with Crippen molar-refractivity contribution in [3.05, 3.63) is 65.4 Å². The SMILES string of the molecule is Cc1ccc2c3c1-c1c(c(C(C)C)cc[n+]1C)C(C)(C)n3c1nc3ccccc3n21. The minimum atomic E-state index is -0.223. The van der Waals surface area contributed by atoms with Crippen LogP contribution < -0.4 is 4.57 Å². The molecule has 30 heavy (non-hydrogen) atoms. The number of fused-ring (bicyclic) bond motifs is 7. The summed E-state index contributed by atoms with van der Waals surface area (Å²) in [5.41, 5.74) is 11.3. The molecule has 6 rings (SSSR count). The molecular formula is C26H27N4+. The van der Waals surface area contributed by atoms with E-state index in [1.54, 1.807) is 0 Å². The van der Waals surface area contributed by atoms with Gasteiger partial charge in [-0.05, 0) is 56.0 Å². The molecule has 0 saturated carbocycles. The summed E-state index contributed by atoms with van der Waals surface area (Å²) in [6, 6.07) is 15.3. The molecule has 2 aromatic carbocycles. The summed E-state index contributed by atoms with van der Waals surface area (Å²) in [5.74, 6) is 1.47. The Hall–Kier alpha value is -3.14. The lowest BCUT2D eigenvalue weighted by atomic mass is 9.79. The molecule has 0 amide bonds. The van der Waals surface area contributed by atoms with Gasteiger partial charge in [-0.3, -0.25) is 8.97 Å². The van der Waals surface area contributed by atoms with Gasteiger partial charge < -0.3 is 0 Å². The van der Waals surface area contributed by atoms with Crippen LogP contribution in [0.5, 0.6) is 0 Å². The first kappa shape index (κ1) is 17.7. The van der Waals surface area contributed by atoms with E-state index in [4.69, 9.17) is 4.98 Å². The molecule has 0 N–H and O–H groups in total. The van der Waals surface area contributed by atoms with Crippen molar-refractivity contribution in [1.29, 1.82) is 0 Å². The largest absolute Gasteiger partial charge is 0.299 e. The van der Waals surface area contributed by atoms with E-state index < -0.39 is 0 Å². The Kier molecular flexibility index (Phi) is 3.25. The number of benzene rings is 2. The first-order chi connectivity index (χ1) is 14.3. The van der Waals surface area contributed by atoms with E-state index in [2.05, 4.69) is 104 Å². The standard InChI is InChI=1S/C26H27N4/c1-15(2)17-13-14-28(6)24-21-16(3)11-12-20-23(21)30(26(4,5)22(17)24)25-27-18-9-7-8-10-19(18)29(20)25/h7-15H,1-6H3/q+1. The normalized spacial score (nSPS) is 14.9. The fourth-order valence-electron chi connectivity index (χ4n) is 5.62. The highest BCUT2D eigenvalue weighted by Crippen LogP contribution is 2.48. The molecule has 0 atom stereocenters. The van der Waals surface area contributed by atoms with Gasteiger partial charge in [0.2, 0.25) is 11.5 Å². The number of hydrogen-bond acceptors (Lipinski definition) is 1. The predicted octanol–water partition coefficient (Wildman–Crippen LogP) is 5.46. The summed E-state index contributed by atoms with van der Waals surface area (Å²) in [6.45, 7) is 11.5. The van der Waals surface area contributed by atoms with Gasteiger partial charge in [-0.15, -0.1) is 0 Å². The van der Waals surface area contributed by atoms with Gasteiger partial charge in [-0.25, -0.2) is 9.55 Å². The molecule has 4 nitrogen and oxygen atoms in total. The molecule has 4 heteroatoms. The molecule has 0 unspecified atom stereocenters. The fourth-order valence-corrected chi connectivity index (χ4v) is 5.62. The van der Waals surface area contributed by atoms with Gasteiger partial charge in [0.15, 0.2) is 6.20 Å². The third-order valence-corrected chi connectivity index (χ3v) is 6.96. The van der Waals surface area contributed by atoms with E-state index in [0.29, 0.717) is 5.92 Å². The predicted molar refractivity (Wildman–Crippen MR) is 122 cm³/mol. The Balaban J connectivity index is 1.94. The monoisotopic (exact) mass is 395 g/mol. The van der Waals surface area contributed by atoms with Gasteiger partial charge in [-0.2, -0.15) is 0 Å². The molecule has 150 valence electrons. The molecule has 0 aliphatic carbocycles. The van der Waals surface area contributed by atoms with Gasteiger partial charge in [0.25, 0.3) is 0 Å². The maximum atomic E-state index is 5.11. The molecule has 0 bridgehead atoms. The summed E-state index contributed by atoms with van der Waals surface area (Å²) < 4.78 is 7.14. The van der Waals surface area contributed by atoms with Crippen LogP contribution in [0.2, 0.25) is 0 Å². The van der Waals surface area contributed by atoms with Crippen molar-refractivity contribution in [2.24, 2.45) is 7.05 Å². The summed E-state index contributed by atoms with van der Waals surface area (Å²) in [6.07, 6.45) is 2.22. The Labute approximate surface area is 176 Å². The first-order valence-corrected chi connectivity index (χ1v) is 10.8. The quantitative estimate of drug-likeness (QED) is 0.346. The van der Waals surface area contributed by atoms with Crippen LogP contribution in [0.3, 0.4) is 0 Å². The summed E-state index contributed by atoms with van der Waals surface area (Å²) >= 11 is 0. The van der Waals surface area contributed by atoms with Gasteiger partial charge in [0.1, 0.15) is 7.05 Å². The lowest BCUT2D eigenvalue weighted by molar-refractivity contribution is -0.661. The number of nitrogens with zero attached hydrogens (tertiary/aromatic N) is 4. The highest BCUT2D eigenvalue weighted by molar-refractivity contribution is 6.01. The second-order valence-corrected chi connectivity index (χ2v) is 9.52. The van der Waals surface area contributed by atoms with Gasteiger partial charge >= 0.3 is 0 Å². The van der Waals surface area contributed by atoms with Crippen molar-refractivity contribution in [3.8, 4) is 11.3 Å². The van der Waals surface area contributed by atoms with E-state index in [1.165, 1.54) is 44.5 Å². The van der Waals surface area contributed by atoms with E-state index >= 15 is 0 Å². The van der Waals surface area contributed by atoms with Crippen molar-refractivity contribution in [2.75, 3.05) is 0 Å². The average Bonchev–Trinajstić information content (AvgIpc) is 3.22. The van der Waals surface area contributed by atoms with E-state index in [1.807, 2.05) is 0 Å². The minimum Gasteiger partial charge on any atom is -0.299 e.